The Morgan fingerprint density at radius 3 is 2.68 bits per heavy atom. The Morgan fingerprint density at radius 2 is 2.11 bits per heavy atom. The van der Waals surface area contributed by atoms with Crippen molar-refractivity contribution >= 4 is 6.09 Å². The number of likely N-dealkylation sites (tertiary alicyclic amines) is 1. The summed E-state index contributed by atoms with van der Waals surface area (Å²) in [4.78, 5) is 13.7. The van der Waals surface area contributed by atoms with Crippen molar-refractivity contribution in [2.24, 2.45) is 0 Å². The van der Waals surface area contributed by atoms with E-state index in [0.717, 1.165) is 18.4 Å². The molecule has 0 radical (unpaired) electrons. The van der Waals surface area contributed by atoms with E-state index in [-0.39, 0.29) is 11.7 Å². The van der Waals surface area contributed by atoms with Gasteiger partial charge in [-0.3, -0.25) is 0 Å². The van der Waals surface area contributed by atoms with E-state index in [2.05, 4.69) is 6.92 Å². The van der Waals surface area contributed by atoms with E-state index in [0.29, 0.717) is 19.7 Å². The van der Waals surface area contributed by atoms with Gasteiger partial charge >= 0.3 is 6.09 Å². The van der Waals surface area contributed by atoms with E-state index in [4.69, 9.17) is 9.47 Å². The summed E-state index contributed by atoms with van der Waals surface area (Å²) < 4.78 is 10.9. The summed E-state index contributed by atoms with van der Waals surface area (Å²) in [6.07, 6.45) is 1.53. The highest BCUT2D eigenvalue weighted by atomic mass is 16.6. The zero-order valence-electron chi connectivity index (χ0n) is 11.6. The molecule has 0 aromatic heterocycles. The molecule has 1 aliphatic heterocycles. The summed E-state index contributed by atoms with van der Waals surface area (Å²) in [6, 6.07) is 9.71. The Bertz CT molecular complexity index is 415. The molecule has 1 unspecified atom stereocenters. The Morgan fingerprint density at radius 1 is 1.37 bits per heavy atom. The lowest BCUT2D eigenvalue weighted by Gasteiger charge is -2.26. The minimum absolute atomic E-state index is 0.189. The van der Waals surface area contributed by atoms with Crippen molar-refractivity contribution in [3.63, 3.8) is 0 Å². The van der Waals surface area contributed by atoms with Crippen LogP contribution in [0.15, 0.2) is 30.3 Å². The lowest BCUT2D eigenvalue weighted by molar-refractivity contribution is -0.00523. The zero-order valence-corrected chi connectivity index (χ0v) is 11.6. The monoisotopic (exact) mass is 263 g/mol. The van der Waals surface area contributed by atoms with Crippen LogP contribution in [0.3, 0.4) is 0 Å². The minimum Gasteiger partial charge on any atom is -0.445 e. The van der Waals surface area contributed by atoms with Crippen molar-refractivity contribution in [2.45, 2.75) is 32.0 Å². The van der Waals surface area contributed by atoms with Crippen molar-refractivity contribution in [1.82, 2.24) is 4.90 Å². The Balaban J connectivity index is 1.85. The van der Waals surface area contributed by atoms with Gasteiger partial charge in [-0.1, -0.05) is 37.3 Å². The fraction of sp³-hybridized carbons (Fsp3) is 0.533. The van der Waals surface area contributed by atoms with Crippen molar-refractivity contribution in [3.8, 4) is 0 Å². The average Bonchev–Trinajstić information content (AvgIpc) is 2.91. The second-order valence-electron chi connectivity index (χ2n) is 4.95. The second kappa shape index (κ2) is 6.06. The van der Waals surface area contributed by atoms with E-state index in [1.807, 2.05) is 30.3 Å². The molecule has 0 N–H and O–H groups in total. The average molecular weight is 263 g/mol. The van der Waals surface area contributed by atoms with E-state index >= 15 is 0 Å². The third-order valence-corrected chi connectivity index (χ3v) is 3.86. The summed E-state index contributed by atoms with van der Waals surface area (Å²) in [5, 5.41) is 0. The van der Waals surface area contributed by atoms with Crippen molar-refractivity contribution < 1.29 is 14.3 Å². The number of nitrogens with zero attached hydrogens (tertiary/aromatic N) is 1. The third kappa shape index (κ3) is 3.26. The van der Waals surface area contributed by atoms with Crippen LogP contribution in [-0.2, 0) is 16.1 Å². The molecule has 1 aromatic rings. The maximum Gasteiger partial charge on any atom is 0.410 e. The summed E-state index contributed by atoms with van der Waals surface area (Å²) in [6.45, 7) is 3.73. The van der Waals surface area contributed by atoms with Gasteiger partial charge in [0.2, 0.25) is 0 Å². The van der Waals surface area contributed by atoms with Crippen molar-refractivity contribution in [2.75, 3.05) is 20.2 Å². The van der Waals surface area contributed by atoms with Gasteiger partial charge in [0.25, 0.3) is 0 Å². The highest BCUT2D eigenvalue weighted by molar-refractivity contribution is 5.68. The highest BCUT2D eigenvalue weighted by Crippen LogP contribution is 2.28. The predicted molar refractivity (Wildman–Crippen MR) is 72.8 cm³/mol. The molecule has 0 aliphatic carbocycles. The van der Waals surface area contributed by atoms with E-state index < -0.39 is 0 Å². The first kappa shape index (κ1) is 13.9. The number of hydrogen-bond donors (Lipinski definition) is 0. The Labute approximate surface area is 114 Å². The minimum atomic E-state index is -0.253. The number of methoxy groups -OCH3 is 1. The summed E-state index contributed by atoms with van der Waals surface area (Å²) in [7, 11) is 1.71. The van der Waals surface area contributed by atoms with Crippen LogP contribution in [0.2, 0.25) is 0 Å². The molecule has 4 heteroatoms. The second-order valence-corrected chi connectivity index (χ2v) is 4.95. The van der Waals surface area contributed by atoms with Gasteiger partial charge in [-0.15, -0.1) is 0 Å². The fourth-order valence-corrected chi connectivity index (χ4v) is 2.41. The van der Waals surface area contributed by atoms with Gasteiger partial charge in [-0.2, -0.15) is 0 Å². The number of carbonyl (C=O) groups is 1. The number of hydrogen-bond acceptors (Lipinski definition) is 3. The molecule has 1 atom stereocenters. The molecule has 1 heterocycles. The molecule has 0 spiro atoms. The molecule has 19 heavy (non-hydrogen) atoms. The first-order valence-corrected chi connectivity index (χ1v) is 6.70. The zero-order chi connectivity index (χ0) is 13.7. The van der Waals surface area contributed by atoms with Gasteiger partial charge in [0.15, 0.2) is 0 Å². The first-order valence-electron chi connectivity index (χ1n) is 6.70. The van der Waals surface area contributed by atoms with E-state index in [1.165, 1.54) is 0 Å². The molecule has 1 aliphatic rings. The number of carbonyl (C=O) groups excluding carboxylic acids is 1. The molecule has 4 nitrogen and oxygen atoms in total. The van der Waals surface area contributed by atoms with Crippen LogP contribution in [0.25, 0.3) is 0 Å². The van der Waals surface area contributed by atoms with Crippen LogP contribution in [0, 0.1) is 0 Å². The van der Waals surface area contributed by atoms with E-state index in [1.54, 1.807) is 12.0 Å². The standard InChI is InChI=1S/C15H21NO3/c1-3-15(18-2)9-10-16(12-15)14(17)19-11-13-7-5-4-6-8-13/h4-8H,3,9-12H2,1-2H3. The lowest BCUT2D eigenvalue weighted by Crippen LogP contribution is -2.37. The van der Waals surface area contributed by atoms with Gasteiger partial charge in [0, 0.05) is 13.7 Å². The highest BCUT2D eigenvalue weighted by Gasteiger charge is 2.39. The summed E-state index contributed by atoms with van der Waals surface area (Å²) in [5.74, 6) is 0. The molecule has 104 valence electrons. The Hall–Kier alpha value is -1.55. The van der Waals surface area contributed by atoms with Crippen molar-refractivity contribution in [3.05, 3.63) is 35.9 Å². The molecule has 0 bridgehead atoms. The van der Waals surface area contributed by atoms with Gasteiger partial charge in [-0.25, -0.2) is 4.79 Å². The largest absolute Gasteiger partial charge is 0.445 e. The molecule has 0 saturated carbocycles. The number of benzene rings is 1. The third-order valence-electron chi connectivity index (χ3n) is 3.86. The number of rotatable bonds is 4. The van der Waals surface area contributed by atoms with Gasteiger partial charge < -0.3 is 14.4 Å². The maximum absolute atomic E-state index is 12.0. The van der Waals surface area contributed by atoms with Crippen LogP contribution in [0.4, 0.5) is 4.79 Å². The van der Waals surface area contributed by atoms with Crippen LogP contribution in [0.5, 0.6) is 0 Å². The molecule has 1 amide bonds. The molecule has 2 rings (SSSR count). The maximum atomic E-state index is 12.0. The normalized spacial score (nSPS) is 22.5. The SMILES string of the molecule is CCC1(OC)CCN(C(=O)OCc2ccccc2)C1. The number of amides is 1. The predicted octanol–water partition coefficient (Wildman–Crippen LogP) is 2.82. The summed E-state index contributed by atoms with van der Waals surface area (Å²) >= 11 is 0. The number of ether oxygens (including phenoxy) is 2. The molecular weight excluding hydrogens is 242 g/mol. The van der Waals surface area contributed by atoms with Crippen LogP contribution < -0.4 is 0 Å². The Kier molecular flexibility index (Phi) is 4.43. The van der Waals surface area contributed by atoms with Crippen LogP contribution in [0.1, 0.15) is 25.3 Å². The fourth-order valence-electron chi connectivity index (χ4n) is 2.41. The first-order chi connectivity index (χ1) is 9.19. The topological polar surface area (TPSA) is 38.8 Å². The quantitative estimate of drug-likeness (QED) is 0.838. The molecule has 1 fully saturated rings. The smallest absolute Gasteiger partial charge is 0.410 e. The van der Waals surface area contributed by atoms with Gasteiger partial charge in [-0.05, 0) is 18.4 Å². The molecular formula is C15H21NO3. The molecule has 1 aromatic carbocycles. The lowest BCUT2D eigenvalue weighted by atomic mass is 10.0. The van der Waals surface area contributed by atoms with E-state index in [9.17, 15) is 4.79 Å². The van der Waals surface area contributed by atoms with Crippen LogP contribution >= 0.6 is 0 Å². The van der Waals surface area contributed by atoms with Crippen molar-refractivity contribution in [1.29, 1.82) is 0 Å². The molecule has 1 saturated heterocycles. The van der Waals surface area contributed by atoms with Crippen LogP contribution in [-0.4, -0.2) is 36.8 Å². The summed E-state index contributed by atoms with van der Waals surface area (Å²) in [5.41, 5.74) is 0.815. The van der Waals surface area contributed by atoms with Gasteiger partial charge in [0.05, 0.1) is 12.1 Å². The van der Waals surface area contributed by atoms with Gasteiger partial charge in [0.1, 0.15) is 6.61 Å².